The monoisotopic (exact) mass is 313 g/mol. The Kier molecular flexibility index (Phi) is 4.48. The van der Waals surface area contributed by atoms with E-state index in [9.17, 15) is 18.5 Å². The van der Waals surface area contributed by atoms with Crippen LogP contribution >= 0.6 is 0 Å². The summed E-state index contributed by atoms with van der Waals surface area (Å²) in [6.07, 6.45) is 3.16. The number of nitrogen functional groups attached to an aromatic ring is 1. The maximum atomic E-state index is 12.3. The van der Waals surface area contributed by atoms with Gasteiger partial charge in [0.15, 0.2) is 4.90 Å². The van der Waals surface area contributed by atoms with Crippen molar-refractivity contribution >= 4 is 21.4 Å². The fraction of sp³-hybridized carbons (Fsp3) is 0.538. The lowest BCUT2D eigenvalue weighted by molar-refractivity contribution is -0.387. The molecule has 1 aromatic rings. The zero-order valence-corrected chi connectivity index (χ0v) is 12.6. The minimum Gasteiger partial charge on any atom is -0.399 e. The Morgan fingerprint density at radius 3 is 2.71 bits per heavy atom. The first-order valence-corrected chi connectivity index (χ1v) is 8.33. The quantitative estimate of drug-likeness (QED) is 0.489. The predicted molar refractivity (Wildman–Crippen MR) is 79.2 cm³/mol. The summed E-state index contributed by atoms with van der Waals surface area (Å²) in [4.78, 5) is 9.92. The minimum atomic E-state index is -3.91. The van der Waals surface area contributed by atoms with Crippen LogP contribution in [0.15, 0.2) is 23.1 Å². The van der Waals surface area contributed by atoms with Crippen molar-refractivity contribution in [3.8, 4) is 0 Å². The molecule has 8 heteroatoms. The molecule has 116 valence electrons. The molecule has 0 heterocycles. The highest BCUT2D eigenvalue weighted by atomic mass is 32.2. The van der Waals surface area contributed by atoms with Crippen LogP contribution in [-0.2, 0) is 10.0 Å². The van der Waals surface area contributed by atoms with Crippen LogP contribution in [0.4, 0.5) is 11.4 Å². The topological polar surface area (TPSA) is 115 Å². The van der Waals surface area contributed by atoms with Crippen molar-refractivity contribution in [2.45, 2.75) is 31.1 Å². The van der Waals surface area contributed by atoms with Crippen LogP contribution in [0.2, 0.25) is 0 Å². The number of nitrogens with two attached hydrogens (primary N) is 1. The zero-order chi connectivity index (χ0) is 15.6. The Bertz CT molecular complexity index is 645. The van der Waals surface area contributed by atoms with Gasteiger partial charge >= 0.3 is 0 Å². The molecule has 0 amide bonds. The van der Waals surface area contributed by atoms with Crippen LogP contribution in [0.1, 0.15) is 26.2 Å². The summed E-state index contributed by atoms with van der Waals surface area (Å²) in [5.41, 5.74) is 5.14. The number of nitrogens with zero attached hydrogens (tertiary/aromatic N) is 1. The van der Waals surface area contributed by atoms with Crippen molar-refractivity contribution in [3.05, 3.63) is 28.3 Å². The molecule has 1 saturated carbocycles. The molecule has 0 bridgehead atoms. The Labute approximate surface area is 123 Å². The van der Waals surface area contributed by atoms with E-state index < -0.39 is 20.6 Å². The second-order valence-electron chi connectivity index (χ2n) is 5.50. The largest absolute Gasteiger partial charge is 0.399 e. The van der Waals surface area contributed by atoms with Gasteiger partial charge in [-0.25, -0.2) is 13.1 Å². The third-order valence-corrected chi connectivity index (χ3v) is 5.51. The number of anilines is 1. The summed E-state index contributed by atoms with van der Waals surface area (Å²) < 4.78 is 27.0. The smallest absolute Gasteiger partial charge is 0.291 e. The molecule has 1 aliphatic carbocycles. The lowest BCUT2D eigenvalue weighted by Gasteiger charge is -2.16. The van der Waals surface area contributed by atoms with Gasteiger partial charge in [0, 0.05) is 18.3 Å². The average Bonchev–Trinajstić information content (AvgIpc) is 2.81. The standard InChI is InChI=1S/C13H19N3O4S/c1-9-3-2-4-10(9)8-15-21(19,20)13-6-5-11(14)7-12(13)16(17)18/h5-7,9-10,15H,2-4,8,14H2,1H3. The molecule has 3 N–H and O–H groups in total. The van der Waals surface area contributed by atoms with E-state index in [0.29, 0.717) is 12.5 Å². The van der Waals surface area contributed by atoms with E-state index in [-0.39, 0.29) is 16.5 Å². The van der Waals surface area contributed by atoms with Crippen molar-refractivity contribution in [1.29, 1.82) is 0 Å². The van der Waals surface area contributed by atoms with Crippen molar-refractivity contribution < 1.29 is 13.3 Å². The van der Waals surface area contributed by atoms with E-state index >= 15 is 0 Å². The van der Waals surface area contributed by atoms with Crippen LogP contribution in [0.5, 0.6) is 0 Å². The Hall–Kier alpha value is -1.67. The molecule has 0 radical (unpaired) electrons. The second-order valence-corrected chi connectivity index (χ2v) is 7.24. The van der Waals surface area contributed by atoms with E-state index in [0.717, 1.165) is 25.3 Å². The highest BCUT2D eigenvalue weighted by Gasteiger charge is 2.29. The van der Waals surface area contributed by atoms with Crippen LogP contribution in [0, 0.1) is 22.0 Å². The molecule has 2 unspecified atom stereocenters. The summed E-state index contributed by atoms with van der Waals surface area (Å²) in [5, 5.41) is 11.0. The van der Waals surface area contributed by atoms with Gasteiger partial charge in [0.1, 0.15) is 0 Å². The number of sulfonamides is 1. The molecule has 0 saturated heterocycles. The third kappa shape index (κ3) is 3.51. The Morgan fingerprint density at radius 2 is 2.14 bits per heavy atom. The lowest BCUT2D eigenvalue weighted by Crippen LogP contribution is -2.30. The molecular formula is C13H19N3O4S. The van der Waals surface area contributed by atoms with Gasteiger partial charge in [-0.3, -0.25) is 10.1 Å². The molecule has 2 rings (SSSR count). The van der Waals surface area contributed by atoms with E-state index in [1.807, 2.05) is 0 Å². The average molecular weight is 313 g/mol. The number of hydrogen-bond donors (Lipinski definition) is 2. The molecule has 21 heavy (non-hydrogen) atoms. The number of nitro benzene ring substituents is 1. The van der Waals surface area contributed by atoms with E-state index in [4.69, 9.17) is 5.73 Å². The van der Waals surface area contributed by atoms with Gasteiger partial charge in [-0.15, -0.1) is 0 Å². The molecule has 1 aromatic carbocycles. The first-order chi connectivity index (χ1) is 9.81. The van der Waals surface area contributed by atoms with Gasteiger partial charge in [0.25, 0.3) is 5.69 Å². The van der Waals surface area contributed by atoms with Gasteiger partial charge < -0.3 is 5.73 Å². The van der Waals surface area contributed by atoms with Gasteiger partial charge in [-0.1, -0.05) is 19.8 Å². The molecule has 0 spiro atoms. The molecule has 7 nitrogen and oxygen atoms in total. The van der Waals surface area contributed by atoms with Gasteiger partial charge in [0.2, 0.25) is 10.0 Å². The SMILES string of the molecule is CC1CCCC1CNS(=O)(=O)c1ccc(N)cc1[N+](=O)[O-]. The maximum Gasteiger partial charge on any atom is 0.291 e. The third-order valence-electron chi connectivity index (χ3n) is 4.04. The van der Waals surface area contributed by atoms with Crippen molar-refractivity contribution in [3.63, 3.8) is 0 Å². The van der Waals surface area contributed by atoms with Gasteiger partial charge in [-0.05, 0) is 30.4 Å². The first kappa shape index (κ1) is 15.7. The molecular weight excluding hydrogens is 294 g/mol. The fourth-order valence-corrected chi connectivity index (χ4v) is 3.97. The van der Waals surface area contributed by atoms with Crippen LogP contribution in [0.3, 0.4) is 0 Å². The normalized spacial score (nSPS) is 22.3. The molecule has 1 fully saturated rings. The zero-order valence-electron chi connectivity index (χ0n) is 11.8. The van der Waals surface area contributed by atoms with E-state index in [1.54, 1.807) is 0 Å². The summed E-state index contributed by atoms with van der Waals surface area (Å²) in [5.74, 6) is 0.752. The van der Waals surface area contributed by atoms with Crippen molar-refractivity contribution in [2.24, 2.45) is 11.8 Å². The summed E-state index contributed by atoms with van der Waals surface area (Å²) in [6.45, 7) is 2.41. The van der Waals surface area contributed by atoms with Gasteiger partial charge in [0.05, 0.1) is 4.92 Å². The Morgan fingerprint density at radius 1 is 1.43 bits per heavy atom. The number of rotatable bonds is 5. The van der Waals surface area contributed by atoms with Crippen LogP contribution in [-0.4, -0.2) is 19.9 Å². The highest BCUT2D eigenvalue weighted by Crippen LogP contribution is 2.31. The molecule has 1 aliphatic rings. The van der Waals surface area contributed by atoms with E-state index in [1.165, 1.54) is 12.1 Å². The minimum absolute atomic E-state index is 0.157. The van der Waals surface area contributed by atoms with Crippen LogP contribution in [0.25, 0.3) is 0 Å². The lowest BCUT2D eigenvalue weighted by atomic mass is 9.99. The molecule has 2 atom stereocenters. The number of nitrogens with one attached hydrogen (secondary N) is 1. The van der Waals surface area contributed by atoms with Crippen molar-refractivity contribution in [2.75, 3.05) is 12.3 Å². The molecule has 0 aromatic heterocycles. The van der Waals surface area contributed by atoms with E-state index in [2.05, 4.69) is 11.6 Å². The number of benzene rings is 1. The fourth-order valence-electron chi connectivity index (χ4n) is 2.72. The summed E-state index contributed by atoms with van der Waals surface area (Å²) in [7, 11) is -3.91. The van der Waals surface area contributed by atoms with Gasteiger partial charge in [-0.2, -0.15) is 0 Å². The first-order valence-electron chi connectivity index (χ1n) is 6.85. The highest BCUT2D eigenvalue weighted by molar-refractivity contribution is 7.89. The second kappa shape index (κ2) is 5.98. The number of nitro groups is 1. The summed E-state index contributed by atoms with van der Waals surface area (Å²) >= 11 is 0. The predicted octanol–water partition coefficient (Wildman–Crippen LogP) is 1.89. The maximum absolute atomic E-state index is 12.3. The van der Waals surface area contributed by atoms with Crippen molar-refractivity contribution in [1.82, 2.24) is 4.72 Å². The molecule has 0 aliphatic heterocycles. The Balaban J connectivity index is 2.21. The number of hydrogen-bond acceptors (Lipinski definition) is 5. The summed E-state index contributed by atoms with van der Waals surface area (Å²) in [6, 6.07) is 3.58. The van der Waals surface area contributed by atoms with Crippen LogP contribution < -0.4 is 10.5 Å².